The van der Waals surface area contributed by atoms with Gasteiger partial charge >= 0.3 is 0 Å². The molecule has 0 radical (unpaired) electrons. The Bertz CT molecular complexity index is 3000. The zero-order chi connectivity index (χ0) is 37.8. The lowest BCUT2D eigenvalue weighted by Gasteiger charge is -2.29. The van der Waals surface area contributed by atoms with Crippen LogP contribution in [-0.4, -0.2) is 0 Å². The normalized spacial score (nSPS) is 14.4. The van der Waals surface area contributed by atoms with E-state index in [0.29, 0.717) is 0 Å². The molecule has 0 saturated carbocycles. The Morgan fingerprint density at radius 1 is 0.375 bits per heavy atom. The summed E-state index contributed by atoms with van der Waals surface area (Å²) in [4.78, 5) is 2.47. The van der Waals surface area contributed by atoms with E-state index in [1.54, 1.807) is 0 Å². The van der Waals surface area contributed by atoms with Crippen LogP contribution < -0.4 is 4.90 Å². The van der Waals surface area contributed by atoms with Crippen molar-refractivity contribution in [2.45, 2.75) is 38.5 Å². The first kappa shape index (κ1) is 33.1. The van der Waals surface area contributed by atoms with Crippen molar-refractivity contribution in [1.29, 1.82) is 0 Å². The molecule has 0 unspecified atom stereocenters. The first-order chi connectivity index (χ1) is 27.3. The average Bonchev–Trinajstić information content (AvgIpc) is 3.80. The van der Waals surface area contributed by atoms with Crippen LogP contribution in [0.5, 0.6) is 0 Å². The number of fused-ring (bicyclic) bond motifs is 9. The van der Waals surface area contributed by atoms with Gasteiger partial charge in [-0.2, -0.15) is 0 Å². The molecule has 2 aliphatic carbocycles. The monoisotopic (exact) mass is 735 g/mol. The third-order valence-electron chi connectivity index (χ3n) is 12.7. The first-order valence-electron chi connectivity index (χ1n) is 19.7. The van der Waals surface area contributed by atoms with Crippen LogP contribution in [0, 0.1) is 0 Å². The molecule has 0 fully saturated rings. The van der Waals surface area contributed by atoms with Crippen LogP contribution in [0.3, 0.4) is 0 Å². The fraction of sp³-hybridized carbons (Fsp3) is 0.111. The van der Waals surface area contributed by atoms with Crippen molar-refractivity contribution < 1.29 is 0 Å². The maximum Gasteiger partial charge on any atom is 0.0468 e. The number of thiophene rings is 1. The van der Waals surface area contributed by atoms with Crippen LogP contribution in [0.25, 0.3) is 64.7 Å². The third kappa shape index (κ3) is 4.79. The molecule has 9 aromatic rings. The Morgan fingerprint density at radius 3 is 1.73 bits per heavy atom. The molecule has 0 N–H and O–H groups in total. The Morgan fingerprint density at radius 2 is 0.946 bits per heavy atom. The maximum atomic E-state index is 2.50. The fourth-order valence-corrected chi connectivity index (χ4v) is 11.0. The molecule has 0 spiro atoms. The number of benzene rings is 8. The molecule has 2 aliphatic rings. The smallest absolute Gasteiger partial charge is 0.0468 e. The van der Waals surface area contributed by atoms with Crippen molar-refractivity contribution in [3.05, 3.63) is 198 Å². The van der Waals surface area contributed by atoms with Gasteiger partial charge in [0.2, 0.25) is 0 Å². The molecule has 0 bridgehead atoms. The van der Waals surface area contributed by atoms with Gasteiger partial charge in [0.15, 0.2) is 0 Å². The largest absolute Gasteiger partial charge is 0.310 e. The van der Waals surface area contributed by atoms with Gasteiger partial charge in [0.05, 0.1) is 0 Å². The lowest BCUT2D eigenvalue weighted by atomic mass is 9.81. The van der Waals surface area contributed by atoms with Crippen LogP contribution in [-0.2, 0) is 10.8 Å². The van der Waals surface area contributed by atoms with Crippen LogP contribution in [0.1, 0.15) is 49.9 Å². The van der Waals surface area contributed by atoms with Crippen LogP contribution in [0.2, 0.25) is 0 Å². The lowest BCUT2D eigenvalue weighted by Crippen LogP contribution is -2.17. The summed E-state index contributed by atoms with van der Waals surface area (Å²) in [5.74, 6) is 0. The standard InChI is InChI=1S/C54H41NS/c1-53(2)44-21-13-11-19-40(44)41-29-27-39(32-46(41)53)55(37-25-23-35(24-26-37)34-15-7-5-8-16-34)38-28-30-45-43(31-38)51-47(54(45,3)4)33-49-52(42-20-12-14-22-48(42)56-49)50(51)36-17-9-6-10-18-36/h5-33H,1-4H3. The summed E-state index contributed by atoms with van der Waals surface area (Å²) in [6.45, 7) is 9.56. The molecule has 1 heterocycles. The van der Waals surface area contributed by atoms with Crippen LogP contribution >= 0.6 is 11.3 Å². The van der Waals surface area contributed by atoms with E-state index in [-0.39, 0.29) is 10.8 Å². The van der Waals surface area contributed by atoms with Crippen molar-refractivity contribution in [2.24, 2.45) is 0 Å². The first-order valence-corrected chi connectivity index (χ1v) is 20.5. The van der Waals surface area contributed by atoms with Crippen molar-refractivity contribution in [1.82, 2.24) is 0 Å². The van der Waals surface area contributed by atoms with Gasteiger partial charge in [-0.3, -0.25) is 0 Å². The highest BCUT2D eigenvalue weighted by Crippen LogP contribution is 2.58. The molecule has 11 rings (SSSR count). The SMILES string of the molecule is CC1(C)c2ccccc2-c2ccc(N(c3ccc(-c4ccccc4)cc3)c3ccc4c(c3)-c3c(cc5sc6ccccc6c5c3-c3ccccc3)C4(C)C)cc21. The van der Waals surface area contributed by atoms with Crippen molar-refractivity contribution in [3.63, 3.8) is 0 Å². The zero-order valence-corrected chi connectivity index (χ0v) is 32.9. The van der Waals surface area contributed by atoms with Gasteiger partial charge in [0.1, 0.15) is 0 Å². The van der Waals surface area contributed by atoms with Gasteiger partial charge < -0.3 is 4.90 Å². The van der Waals surface area contributed by atoms with E-state index in [9.17, 15) is 0 Å². The Kier molecular flexibility index (Phi) is 7.18. The second kappa shape index (κ2) is 12.1. The number of hydrogen-bond donors (Lipinski definition) is 0. The molecular formula is C54H41NS. The number of nitrogens with zero attached hydrogens (tertiary/aromatic N) is 1. The second-order valence-corrected chi connectivity index (χ2v) is 17.6. The summed E-state index contributed by atoms with van der Waals surface area (Å²) < 4.78 is 2.69. The van der Waals surface area contributed by atoms with E-state index in [4.69, 9.17) is 0 Å². The maximum absolute atomic E-state index is 2.50. The third-order valence-corrected chi connectivity index (χ3v) is 13.8. The molecule has 1 nitrogen and oxygen atoms in total. The van der Waals surface area contributed by atoms with E-state index >= 15 is 0 Å². The topological polar surface area (TPSA) is 3.24 Å². The Labute approximate surface area is 333 Å². The van der Waals surface area contributed by atoms with Crippen LogP contribution in [0.15, 0.2) is 176 Å². The molecule has 0 amide bonds. The molecule has 0 saturated heterocycles. The van der Waals surface area contributed by atoms with Gasteiger partial charge in [-0.1, -0.05) is 155 Å². The summed E-state index contributed by atoms with van der Waals surface area (Å²) >= 11 is 1.91. The van der Waals surface area contributed by atoms with E-state index < -0.39 is 0 Å². The predicted molar refractivity (Wildman–Crippen MR) is 240 cm³/mol. The highest BCUT2D eigenvalue weighted by atomic mass is 32.1. The van der Waals surface area contributed by atoms with Crippen molar-refractivity contribution >= 4 is 48.6 Å². The minimum Gasteiger partial charge on any atom is -0.310 e. The number of anilines is 3. The summed E-state index contributed by atoms with van der Waals surface area (Å²) in [5.41, 5.74) is 19.1. The highest BCUT2D eigenvalue weighted by Gasteiger charge is 2.40. The van der Waals surface area contributed by atoms with Gasteiger partial charge in [0, 0.05) is 48.1 Å². The minimum atomic E-state index is -0.164. The summed E-state index contributed by atoms with van der Waals surface area (Å²) in [6.07, 6.45) is 0. The van der Waals surface area contributed by atoms with E-state index in [2.05, 4.69) is 209 Å². The Balaban J connectivity index is 1.15. The average molecular weight is 736 g/mol. The number of rotatable bonds is 5. The molecule has 0 aliphatic heterocycles. The minimum absolute atomic E-state index is 0.106. The summed E-state index contributed by atoms with van der Waals surface area (Å²) in [5, 5.41) is 2.69. The zero-order valence-electron chi connectivity index (χ0n) is 32.1. The van der Waals surface area contributed by atoms with Gasteiger partial charge in [-0.15, -0.1) is 11.3 Å². The molecule has 56 heavy (non-hydrogen) atoms. The molecule has 0 atom stereocenters. The van der Waals surface area contributed by atoms with Gasteiger partial charge in [-0.05, 0) is 115 Å². The second-order valence-electron chi connectivity index (χ2n) is 16.5. The molecule has 268 valence electrons. The van der Waals surface area contributed by atoms with E-state index in [1.165, 1.54) is 86.9 Å². The Hall–Kier alpha value is -6.22. The highest BCUT2D eigenvalue weighted by molar-refractivity contribution is 7.26. The number of hydrogen-bond acceptors (Lipinski definition) is 2. The predicted octanol–water partition coefficient (Wildman–Crippen LogP) is 15.5. The summed E-state index contributed by atoms with van der Waals surface area (Å²) in [7, 11) is 0. The van der Waals surface area contributed by atoms with E-state index in [0.717, 1.165) is 17.1 Å². The molecular weight excluding hydrogens is 695 g/mol. The molecule has 8 aromatic carbocycles. The summed E-state index contributed by atoms with van der Waals surface area (Å²) in [6, 6.07) is 65.6. The lowest BCUT2D eigenvalue weighted by molar-refractivity contribution is 0.660. The van der Waals surface area contributed by atoms with E-state index in [1.807, 2.05) is 11.3 Å². The van der Waals surface area contributed by atoms with Gasteiger partial charge in [-0.25, -0.2) is 0 Å². The van der Waals surface area contributed by atoms with Crippen LogP contribution in [0.4, 0.5) is 17.1 Å². The van der Waals surface area contributed by atoms with Gasteiger partial charge in [0.25, 0.3) is 0 Å². The van der Waals surface area contributed by atoms with Crippen molar-refractivity contribution in [3.8, 4) is 44.5 Å². The molecule has 2 heteroatoms. The molecule has 1 aromatic heterocycles. The fourth-order valence-electron chi connectivity index (χ4n) is 9.83. The quantitative estimate of drug-likeness (QED) is 0.170. The van der Waals surface area contributed by atoms with Crippen molar-refractivity contribution in [2.75, 3.05) is 4.90 Å².